The fourth-order valence-electron chi connectivity index (χ4n) is 2.71. The third kappa shape index (κ3) is 3.87. The quantitative estimate of drug-likeness (QED) is 0.850. The van der Waals surface area contributed by atoms with Crippen LogP contribution in [0.15, 0.2) is 42.5 Å². The summed E-state index contributed by atoms with van der Waals surface area (Å²) in [5, 5.41) is 12.9. The number of methoxy groups -OCH3 is 1. The predicted molar refractivity (Wildman–Crippen MR) is 90.1 cm³/mol. The molecule has 0 aliphatic rings. The molecule has 118 valence electrons. The number of aliphatic hydroxyl groups excluding tert-OH is 1. The molecule has 2 rings (SSSR count). The zero-order valence-electron chi connectivity index (χ0n) is 13.8. The van der Waals surface area contributed by atoms with Gasteiger partial charge in [0.2, 0.25) is 0 Å². The Bertz CT molecular complexity index is 625. The van der Waals surface area contributed by atoms with Crippen molar-refractivity contribution in [1.82, 2.24) is 5.32 Å². The summed E-state index contributed by atoms with van der Waals surface area (Å²) in [5.41, 5.74) is 4.49. The summed E-state index contributed by atoms with van der Waals surface area (Å²) in [7, 11) is 1.70. The second-order valence-electron chi connectivity index (χ2n) is 5.76. The van der Waals surface area contributed by atoms with E-state index in [0.29, 0.717) is 0 Å². The van der Waals surface area contributed by atoms with Gasteiger partial charge in [0, 0.05) is 17.6 Å². The van der Waals surface area contributed by atoms with Crippen molar-refractivity contribution >= 4 is 0 Å². The first kappa shape index (κ1) is 16.5. The Morgan fingerprint density at radius 3 is 2.55 bits per heavy atom. The number of hydrogen-bond acceptors (Lipinski definition) is 3. The number of nitrogens with one attached hydrogen (secondary N) is 1. The molecule has 0 fully saturated rings. The second-order valence-corrected chi connectivity index (χ2v) is 5.76. The van der Waals surface area contributed by atoms with E-state index in [1.807, 2.05) is 24.3 Å². The van der Waals surface area contributed by atoms with Gasteiger partial charge in [-0.25, -0.2) is 0 Å². The number of rotatable bonds is 6. The summed E-state index contributed by atoms with van der Waals surface area (Å²) in [6.07, 6.45) is 0. The summed E-state index contributed by atoms with van der Waals surface area (Å²) >= 11 is 0. The molecule has 0 aliphatic carbocycles. The monoisotopic (exact) mass is 299 g/mol. The van der Waals surface area contributed by atoms with Gasteiger partial charge in [-0.3, -0.25) is 0 Å². The van der Waals surface area contributed by atoms with E-state index in [1.54, 1.807) is 7.11 Å². The zero-order valence-corrected chi connectivity index (χ0v) is 13.8. The van der Waals surface area contributed by atoms with Crippen molar-refractivity contribution in [3.05, 3.63) is 64.7 Å². The van der Waals surface area contributed by atoms with Gasteiger partial charge < -0.3 is 15.2 Å². The van der Waals surface area contributed by atoms with Crippen LogP contribution in [0.5, 0.6) is 5.75 Å². The lowest BCUT2D eigenvalue weighted by atomic mass is 10.0. The lowest BCUT2D eigenvalue weighted by Gasteiger charge is -2.23. The van der Waals surface area contributed by atoms with E-state index in [1.165, 1.54) is 11.1 Å². The maximum absolute atomic E-state index is 9.27. The van der Waals surface area contributed by atoms with Crippen LogP contribution in [0.3, 0.4) is 0 Å². The van der Waals surface area contributed by atoms with Crippen molar-refractivity contribution in [2.75, 3.05) is 7.11 Å². The van der Waals surface area contributed by atoms with E-state index in [2.05, 4.69) is 44.3 Å². The number of aliphatic hydroxyl groups is 1. The van der Waals surface area contributed by atoms with E-state index in [9.17, 15) is 5.11 Å². The summed E-state index contributed by atoms with van der Waals surface area (Å²) in [4.78, 5) is 0. The first-order valence-electron chi connectivity index (χ1n) is 7.65. The van der Waals surface area contributed by atoms with E-state index in [0.717, 1.165) is 16.9 Å². The van der Waals surface area contributed by atoms with Crippen molar-refractivity contribution in [3.63, 3.8) is 0 Å². The third-order valence-electron chi connectivity index (χ3n) is 3.99. The minimum atomic E-state index is 0.0712. The van der Waals surface area contributed by atoms with Crippen LogP contribution in [0.1, 0.15) is 48.2 Å². The Morgan fingerprint density at radius 2 is 1.86 bits per heavy atom. The van der Waals surface area contributed by atoms with Crippen LogP contribution >= 0.6 is 0 Å². The molecule has 2 unspecified atom stereocenters. The van der Waals surface area contributed by atoms with E-state index >= 15 is 0 Å². The molecule has 0 aromatic heterocycles. The molecule has 0 saturated carbocycles. The zero-order chi connectivity index (χ0) is 16.1. The standard InChI is InChI=1S/C19H25NO2/c1-13-8-9-19(22-4)18(10-13)15(3)20-14(2)17-7-5-6-16(11-17)12-21/h5-11,14-15,20-21H,12H2,1-4H3. The Kier molecular flexibility index (Phi) is 5.58. The SMILES string of the molecule is COc1ccc(C)cc1C(C)NC(C)c1cccc(CO)c1. The summed E-state index contributed by atoms with van der Waals surface area (Å²) in [5.74, 6) is 0.905. The molecule has 0 bridgehead atoms. The van der Waals surface area contributed by atoms with Gasteiger partial charge in [-0.1, -0.05) is 42.0 Å². The average molecular weight is 299 g/mol. The van der Waals surface area contributed by atoms with Crippen molar-refractivity contribution in [2.24, 2.45) is 0 Å². The summed E-state index contributed by atoms with van der Waals surface area (Å²) in [6.45, 7) is 6.44. The van der Waals surface area contributed by atoms with Gasteiger partial charge in [-0.15, -0.1) is 0 Å². The maximum Gasteiger partial charge on any atom is 0.123 e. The van der Waals surface area contributed by atoms with Crippen LogP contribution in [0.2, 0.25) is 0 Å². The van der Waals surface area contributed by atoms with Crippen LogP contribution in [0.25, 0.3) is 0 Å². The highest BCUT2D eigenvalue weighted by molar-refractivity contribution is 5.39. The van der Waals surface area contributed by atoms with Gasteiger partial charge in [0.15, 0.2) is 0 Å². The van der Waals surface area contributed by atoms with Crippen molar-refractivity contribution < 1.29 is 9.84 Å². The number of aryl methyl sites for hydroxylation is 1. The molecule has 0 aliphatic heterocycles. The first-order valence-corrected chi connectivity index (χ1v) is 7.65. The minimum absolute atomic E-state index is 0.0712. The molecule has 2 aromatic rings. The van der Waals surface area contributed by atoms with Crippen LogP contribution in [-0.2, 0) is 6.61 Å². The van der Waals surface area contributed by atoms with Crippen molar-refractivity contribution in [3.8, 4) is 5.75 Å². The highest BCUT2D eigenvalue weighted by atomic mass is 16.5. The van der Waals surface area contributed by atoms with Crippen LogP contribution < -0.4 is 10.1 Å². The molecule has 22 heavy (non-hydrogen) atoms. The molecule has 2 aromatic carbocycles. The molecule has 0 amide bonds. The fourth-order valence-corrected chi connectivity index (χ4v) is 2.71. The van der Waals surface area contributed by atoms with Gasteiger partial charge >= 0.3 is 0 Å². The van der Waals surface area contributed by atoms with Gasteiger partial charge in [-0.05, 0) is 38.0 Å². The van der Waals surface area contributed by atoms with Crippen LogP contribution in [-0.4, -0.2) is 12.2 Å². The van der Waals surface area contributed by atoms with Crippen molar-refractivity contribution in [1.29, 1.82) is 0 Å². The van der Waals surface area contributed by atoms with Crippen molar-refractivity contribution in [2.45, 2.75) is 39.5 Å². The van der Waals surface area contributed by atoms with E-state index < -0.39 is 0 Å². The smallest absolute Gasteiger partial charge is 0.123 e. The Morgan fingerprint density at radius 1 is 1.09 bits per heavy atom. The first-order chi connectivity index (χ1) is 10.5. The van der Waals surface area contributed by atoms with E-state index in [4.69, 9.17) is 4.74 Å². The Balaban J connectivity index is 2.17. The van der Waals surface area contributed by atoms with Gasteiger partial charge in [0.25, 0.3) is 0 Å². The lowest BCUT2D eigenvalue weighted by Crippen LogP contribution is -2.23. The van der Waals surface area contributed by atoms with Gasteiger partial charge in [0.05, 0.1) is 13.7 Å². The lowest BCUT2D eigenvalue weighted by molar-refractivity contribution is 0.281. The summed E-state index contributed by atoms with van der Waals surface area (Å²) in [6, 6.07) is 14.6. The number of ether oxygens (including phenoxy) is 1. The number of benzene rings is 2. The van der Waals surface area contributed by atoms with Gasteiger partial charge in [0.1, 0.15) is 5.75 Å². The molecular formula is C19H25NO2. The molecule has 3 heteroatoms. The molecular weight excluding hydrogens is 274 g/mol. The Hall–Kier alpha value is -1.84. The molecule has 3 nitrogen and oxygen atoms in total. The predicted octanol–water partition coefficient (Wildman–Crippen LogP) is 3.91. The highest BCUT2D eigenvalue weighted by Gasteiger charge is 2.15. The third-order valence-corrected chi connectivity index (χ3v) is 3.99. The Labute approximate surface area is 133 Å². The molecule has 0 saturated heterocycles. The highest BCUT2D eigenvalue weighted by Crippen LogP contribution is 2.28. The molecule has 2 atom stereocenters. The number of hydrogen-bond donors (Lipinski definition) is 2. The van der Waals surface area contributed by atoms with E-state index in [-0.39, 0.29) is 18.7 Å². The fraction of sp³-hybridized carbons (Fsp3) is 0.368. The summed E-state index contributed by atoms with van der Waals surface area (Å²) < 4.78 is 5.47. The van der Waals surface area contributed by atoms with Crippen LogP contribution in [0, 0.1) is 6.92 Å². The maximum atomic E-state index is 9.27. The molecule has 0 radical (unpaired) electrons. The molecule has 0 heterocycles. The van der Waals surface area contributed by atoms with Gasteiger partial charge in [-0.2, -0.15) is 0 Å². The second kappa shape index (κ2) is 7.43. The largest absolute Gasteiger partial charge is 0.496 e. The minimum Gasteiger partial charge on any atom is -0.496 e. The normalized spacial score (nSPS) is 13.7. The molecule has 2 N–H and O–H groups in total. The van der Waals surface area contributed by atoms with Crippen LogP contribution in [0.4, 0.5) is 0 Å². The molecule has 0 spiro atoms. The average Bonchev–Trinajstić information content (AvgIpc) is 2.54. The topological polar surface area (TPSA) is 41.5 Å².